The lowest BCUT2D eigenvalue weighted by Gasteiger charge is -2.11. The van der Waals surface area contributed by atoms with Gasteiger partial charge >= 0.3 is 5.97 Å². The Morgan fingerprint density at radius 1 is 1.73 bits per heavy atom. The molecule has 0 aromatic heterocycles. The zero-order valence-corrected chi connectivity index (χ0v) is 7.73. The largest absolute Gasteiger partial charge is 0.481 e. The summed E-state index contributed by atoms with van der Waals surface area (Å²) in [5, 5.41) is 8.93. The van der Waals surface area contributed by atoms with Gasteiger partial charge in [0.15, 0.2) is 0 Å². The highest BCUT2D eigenvalue weighted by molar-refractivity contribution is 8.00. The van der Waals surface area contributed by atoms with Crippen LogP contribution in [-0.2, 0) is 4.79 Å². The summed E-state index contributed by atoms with van der Waals surface area (Å²) in [6, 6.07) is 0. The Hall–Kier alpha value is -0.440. The number of hydrogen-bond donors (Lipinski definition) is 1. The van der Waals surface area contributed by atoms with Crippen LogP contribution in [0.25, 0.3) is 0 Å². The van der Waals surface area contributed by atoms with Crippen molar-refractivity contribution in [2.45, 2.75) is 30.8 Å². The number of carbonyl (C=O) groups is 1. The van der Waals surface area contributed by atoms with Gasteiger partial charge in [0.1, 0.15) is 0 Å². The normalized spacial score (nSPS) is 15.5. The van der Waals surface area contributed by atoms with Crippen LogP contribution in [0.3, 0.4) is 0 Å². The van der Waals surface area contributed by atoms with Gasteiger partial charge in [0.05, 0.1) is 6.42 Å². The number of hydrogen-bond acceptors (Lipinski definition) is 2. The molecule has 0 aliphatic carbocycles. The van der Waals surface area contributed by atoms with E-state index in [1.54, 1.807) is 11.8 Å². The van der Waals surface area contributed by atoms with Gasteiger partial charge in [-0.3, -0.25) is 4.79 Å². The minimum Gasteiger partial charge on any atom is -0.481 e. The highest BCUT2D eigenvalue weighted by atomic mass is 32.2. The van der Waals surface area contributed by atoms with Gasteiger partial charge in [-0.15, -0.1) is 6.58 Å². The van der Waals surface area contributed by atoms with Crippen LogP contribution in [-0.4, -0.2) is 21.6 Å². The van der Waals surface area contributed by atoms with Crippen molar-refractivity contribution in [1.29, 1.82) is 0 Å². The molecule has 0 bridgehead atoms. The summed E-state index contributed by atoms with van der Waals surface area (Å²) >= 11 is 1.63. The molecule has 0 amide bonds. The third kappa shape index (κ3) is 5.98. The van der Waals surface area contributed by atoms with Crippen molar-refractivity contribution < 1.29 is 9.90 Å². The van der Waals surface area contributed by atoms with E-state index in [0.29, 0.717) is 5.25 Å². The summed E-state index contributed by atoms with van der Waals surface area (Å²) in [4.78, 5) is 10.2. The van der Waals surface area contributed by atoms with Crippen molar-refractivity contribution in [3.05, 3.63) is 12.7 Å². The first-order chi connectivity index (χ1) is 5.06. The SMILES string of the molecule is C=CC(C)SC(C)CC(=O)O. The van der Waals surface area contributed by atoms with Gasteiger partial charge in [-0.05, 0) is 6.92 Å². The standard InChI is InChI=1S/C8H14O2S/c1-4-6(2)11-7(3)5-8(9)10/h4,6-7H,1,5H2,2-3H3,(H,9,10). The fraction of sp³-hybridized carbons (Fsp3) is 0.625. The van der Waals surface area contributed by atoms with E-state index in [-0.39, 0.29) is 11.7 Å². The maximum Gasteiger partial charge on any atom is 0.304 e. The fourth-order valence-electron chi connectivity index (χ4n) is 0.716. The monoisotopic (exact) mass is 174 g/mol. The van der Waals surface area contributed by atoms with Crippen LogP contribution in [0, 0.1) is 0 Å². The highest BCUT2D eigenvalue weighted by Gasteiger charge is 2.09. The van der Waals surface area contributed by atoms with Gasteiger partial charge in [-0.25, -0.2) is 0 Å². The predicted molar refractivity (Wildman–Crippen MR) is 49.0 cm³/mol. The molecule has 1 N–H and O–H groups in total. The molecule has 0 saturated heterocycles. The second-order valence-corrected chi connectivity index (χ2v) is 4.31. The minimum atomic E-state index is -0.735. The van der Waals surface area contributed by atoms with Crippen LogP contribution < -0.4 is 0 Å². The lowest BCUT2D eigenvalue weighted by Crippen LogP contribution is -2.08. The number of rotatable bonds is 5. The molecule has 11 heavy (non-hydrogen) atoms. The maximum atomic E-state index is 10.2. The van der Waals surface area contributed by atoms with Gasteiger partial charge in [0, 0.05) is 10.5 Å². The maximum absolute atomic E-state index is 10.2. The number of carboxylic acids is 1. The third-order valence-electron chi connectivity index (χ3n) is 1.24. The quantitative estimate of drug-likeness (QED) is 0.649. The summed E-state index contributed by atoms with van der Waals surface area (Å²) < 4.78 is 0. The molecule has 64 valence electrons. The first-order valence-corrected chi connectivity index (χ1v) is 4.50. The van der Waals surface area contributed by atoms with E-state index in [1.807, 2.05) is 19.9 Å². The second kappa shape index (κ2) is 5.24. The topological polar surface area (TPSA) is 37.3 Å². The van der Waals surface area contributed by atoms with E-state index in [4.69, 9.17) is 5.11 Å². The Morgan fingerprint density at radius 3 is 2.64 bits per heavy atom. The number of thioether (sulfide) groups is 1. The molecule has 0 heterocycles. The molecule has 0 spiro atoms. The van der Waals surface area contributed by atoms with Gasteiger partial charge < -0.3 is 5.11 Å². The Labute approximate surface area is 71.7 Å². The molecule has 0 aliphatic rings. The molecular formula is C8H14O2S. The predicted octanol–water partition coefficient (Wildman–Crippen LogP) is 2.16. The average molecular weight is 174 g/mol. The van der Waals surface area contributed by atoms with E-state index >= 15 is 0 Å². The Morgan fingerprint density at radius 2 is 2.27 bits per heavy atom. The highest BCUT2D eigenvalue weighted by Crippen LogP contribution is 2.20. The Kier molecular flexibility index (Phi) is 5.03. The Bertz CT molecular complexity index is 145. The van der Waals surface area contributed by atoms with E-state index in [0.717, 1.165) is 0 Å². The molecule has 2 unspecified atom stereocenters. The molecular weight excluding hydrogens is 160 g/mol. The van der Waals surface area contributed by atoms with Crippen LogP contribution in [0.4, 0.5) is 0 Å². The molecule has 3 heteroatoms. The fourth-order valence-corrected chi connectivity index (χ4v) is 1.80. The van der Waals surface area contributed by atoms with Crippen molar-refractivity contribution in [2.75, 3.05) is 0 Å². The number of aliphatic carboxylic acids is 1. The van der Waals surface area contributed by atoms with Crippen molar-refractivity contribution in [3.63, 3.8) is 0 Å². The summed E-state index contributed by atoms with van der Waals surface area (Å²) in [6.07, 6.45) is 2.05. The third-order valence-corrected chi connectivity index (χ3v) is 2.49. The first-order valence-electron chi connectivity index (χ1n) is 3.56. The van der Waals surface area contributed by atoms with Crippen molar-refractivity contribution >= 4 is 17.7 Å². The molecule has 0 fully saturated rings. The van der Waals surface area contributed by atoms with Gasteiger partial charge in [0.2, 0.25) is 0 Å². The minimum absolute atomic E-state index is 0.167. The van der Waals surface area contributed by atoms with Crippen LogP contribution in [0.5, 0.6) is 0 Å². The summed E-state index contributed by atoms with van der Waals surface area (Å²) in [5.74, 6) is -0.735. The second-order valence-electron chi connectivity index (χ2n) is 2.49. The Balaban J connectivity index is 3.59. The van der Waals surface area contributed by atoms with Crippen LogP contribution in [0.1, 0.15) is 20.3 Å². The molecule has 0 rings (SSSR count). The van der Waals surface area contributed by atoms with E-state index in [1.165, 1.54) is 0 Å². The molecule has 0 radical (unpaired) electrons. The smallest absolute Gasteiger partial charge is 0.304 e. The van der Waals surface area contributed by atoms with Crippen molar-refractivity contribution in [2.24, 2.45) is 0 Å². The van der Waals surface area contributed by atoms with E-state index in [2.05, 4.69) is 6.58 Å². The van der Waals surface area contributed by atoms with Crippen LogP contribution in [0.15, 0.2) is 12.7 Å². The molecule has 0 aromatic carbocycles. The molecule has 2 nitrogen and oxygen atoms in total. The van der Waals surface area contributed by atoms with Gasteiger partial charge in [-0.2, -0.15) is 11.8 Å². The van der Waals surface area contributed by atoms with Crippen LogP contribution in [0.2, 0.25) is 0 Å². The van der Waals surface area contributed by atoms with Crippen molar-refractivity contribution in [3.8, 4) is 0 Å². The summed E-state index contributed by atoms with van der Waals surface area (Å²) in [7, 11) is 0. The lowest BCUT2D eigenvalue weighted by atomic mass is 10.3. The van der Waals surface area contributed by atoms with Crippen molar-refractivity contribution in [1.82, 2.24) is 0 Å². The number of carboxylic acid groups (broad SMARTS) is 1. The first kappa shape index (κ1) is 10.6. The molecule has 0 saturated carbocycles. The molecule has 0 aliphatic heterocycles. The summed E-state index contributed by atoms with van der Waals surface area (Å²) in [6.45, 7) is 7.55. The van der Waals surface area contributed by atoms with Crippen LogP contribution >= 0.6 is 11.8 Å². The lowest BCUT2D eigenvalue weighted by molar-refractivity contribution is -0.136. The summed E-state index contributed by atoms with van der Waals surface area (Å²) in [5.41, 5.74) is 0. The van der Waals surface area contributed by atoms with Gasteiger partial charge in [0.25, 0.3) is 0 Å². The molecule has 2 atom stereocenters. The molecule has 0 aromatic rings. The zero-order chi connectivity index (χ0) is 8.85. The average Bonchev–Trinajstić information content (AvgIpc) is 1.85. The van der Waals surface area contributed by atoms with E-state index in [9.17, 15) is 4.79 Å². The van der Waals surface area contributed by atoms with Gasteiger partial charge in [-0.1, -0.05) is 13.0 Å². The van der Waals surface area contributed by atoms with E-state index < -0.39 is 5.97 Å². The zero-order valence-electron chi connectivity index (χ0n) is 6.91.